The summed E-state index contributed by atoms with van der Waals surface area (Å²) in [6.07, 6.45) is 2.16. The second kappa shape index (κ2) is 4.78. The number of aliphatic carboxylic acids is 1. The van der Waals surface area contributed by atoms with Crippen LogP contribution in [0.3, 0.4) is 0 Å². The highest BCUT2D eigenvalue weighted by Gasteiger charge is 2.25. The molecule has 0 saturated heterocycles. The number of carboxylic acid groups (broad SMARTS) is 1. The van der Waals surface area contributed by atoms with Gasteiger partial charge in [-0.15, -0.1) is 0 Å². The van der Waals surface area contributed by atoms with Crippen molar-refractivity contribution in [3.8, 4) is 0 Å². The first kappa shape index (κ1) is 12.6. The first-order chi connectivity index (χ1) is 8.49. The standard InChI is InChI=1S/C13H16N2O3/c1-13(2,12(16)17)15-6-5-9-3-4-10-11(7-9)18-8-14-10/h3-4,7-8,15H,5-6H2,1-2H3,(H,16,17). The second-order valence-electron chi connectivity index (χ2n) is 4.76. The molecule has 5 nitrogen and oxygen atoms in total. The summed E-state index contributed by atoms with van der Waals surface area (Å²) >= 11 is 0. The number of benzene rings is 1. The van der Waals surface area contributed by atoms with E-state index in [1.54, 1.807) is 13.8 Å². The molecule has 0 aliphatic heterocycles. The summed E-state index contributed by atoms with van der Waals surface area (Å²) < 4.78 is 5.22. The van der Waals surface area contributed by atoms with Crippen molar-refractivity contribution < 1.29 is 14.3 Å². The zero-order chi connectivity index (χ0) is 13.2. The van der Waals surface area contributed by atoms with E-state index in [0.29, 0.717) is 6.54 Å². The molecule has 1 aromatic carbocycles. The van der Waals surface area contributed by atoms with Gasteiger partial charge in [-0.2, -0.15) is 0 Å². The molecular weight excluding hydrogens is 232 g/mol. The van der Waals surface area contributed by atoms with Crippen molar-refractivity contribution in [1.82, 2.24) is 10.3 Å². The second-order valence-corrected chi connectivity index (χ2v) is 4.76. The molecular formula is C13H16N2O3. The molecule has 1 heterocycles. The Morgan fingerprint density at radius 2 is 2.28 bits per heavy atom. The maximum atomic E-state index is 10.9. The summed E-state index contributed by atoms with van der Waals surface area (Å²) in [7, 11) is 0. The third kappa shape index (κ3) is 2.68. The molecule has 96 valence electrons. The maximum Gasteiger partial charge on any atom is 0.323 e. The van der Waals surface area contributed by atoms with E-state index in [0.717, 1.165) is 23.1 Å². The molecule has 0 aliphatic carbocycles. The average molecular weight is 248 g/mol. The van der Waals surface area contributed by atoms with Crippen molar-refractivity contribution in [1.29, 1.82) is 0 Å². The quantitative estimate of drug-likeness (QED) is 0.844. The van der Waals surface area contributed by atoms with E-state index in [1.807, 2.05) is 18.2 Å². The Morgan fingerprint density at radius 3 is 3.00 bits per heavy atom. The lowest BCUT2D eigenvalue weighted by molar-refractivity contribution is -0.143. The number of fused-ring (bicyclic) bond motifs is 1. The van der Waals surface area contributed by atoms with E-state index >= 15 is 0 Å². The molecule has 0 amide bonds. The Balaban J connectivity index is 1.96. The van der Waals surface area contributed by atoms with Crippen LogP contribution in [0.5, 0.6) is 0 Å². The van der Waals surface area contributed by atoms with Gasteiger partial charge in [0.1, 0.15) is 11.1 Å². The molecule has 5 heteroatoms. The fourth-order valence-electron chi connectivity index (χ4n) is 1.65. The van der Waals surface area contributed by atoms with E-state index < -0.39 is 11.5 Å². The van der Waals surface area contributed by atoms with Crippen molar-refractivity contribution in [3.63, 3.8) is 0 Å². The van der Waals surface area contributed by atoms with Gasteiger partial charge in [0.25, 0.3) is 0 Å². The van der Waals surface area contributed by atoms with Crippen LogP contribution in [0.25, 0.3) is 11.1 Å². The summed E-state index contributed by atoms with van der Waals surface area (Å²) in [5.74, 6) is -0.854. The minimum atomic E-state index is -0.906. The van der Waals surface area contributed by atoms with E-state index in [-0.39, 0.29) is 0 Å². The van der Waals surface area contributed by atoms with Crippen molar-refractivity contribution in [2.24, 2.45) is 0 Å². The van der Waals surface area contributed by atoms with Gasteiger partial charge in [0.15, 0.2) is 12.0 Å². The fraction of sp³-hybridized carbons (Fsp3) is 0.385. The van der Waals surface area contributed by atoms with Crippen LogP contribution >= 0.6 is 0 Å². The summed E-state index contributed by atoms with van der Waals surface area (Å²) in [4.78, 5) is 15.0. The lowest BCUT2D eigenvalue weighted by atomic mass is 10.1. The molecule has 2 N–H and O–H groups in total. The molecule has 0 bridgehead atoms. The van der Waals surface area contributed by atoms with Crippen LogP contribution in [0.4, 0.5) is 0 Å². The van der Waals surface area contributed by atoms with Crippen LogP contribution in [-0.4, -0.2) is 28.1 Å². The molecule has 0 fully saturated rings. The minimum absolute atomic E-state index is 0.596. The molecule has 0 aliphatic rings. The highest BCUT2D eigenvalue weighted by atomic mass is 16.4. The van der Waals surface area contributed by atoms with Gasteiger partial charge in [-0.1, -0.05) is 6.07 Å². The van der Waals surface area contributed by atoms with E-state index in [2.05, 4.69) is 10.3 Å². The van der Waals surface area contributed by atoms with Gasteiger partial charge in [-0.3, -0.25) is 4.79 Å². The zero-order valence-corrected chi connectivity index (χ0v) is 10.4. The zero-order valence-electron chi connectivity index (χ0n) is 10.4. The molecule has 0 saturated carbocycles. The number of hydrogen-bond donors (Lipinski definition) is 2. The topological polar surface area (TPSA) is 75.4 Å². The lowest BCUT2D eigenvalue weighted by Crippen LogP contribution is -2.47. The Kier molecular flexibility index (Phi) is 3.34. The first-order valence-electron chi connectivity index (χ1n) is 5.79. The largest absolute Gasteiger partial charge is 0.480 e. The Labute approximate surface area is 105 Å². The normalized spacial score (nSPS) is 11.9. The third-order valence-corrected chi connectivity index (χ3v) is 2.91. The first-order valence-corrected chi connectivity index (χ1v) is 5.79. The number of nitrogens with zero attached hydrogens (tertiary/aromatic N) is 1. The number of rotatable bonds is 5. The van der Waals surface area contributed by atoms with Crippen molar-refractivity contribution in [2.45, 2.75) is 25.8 Å². The van der Waals surface area contributed by atoms with Gasteiger partial charge in [-0.05, 0) is 38.0 Å². The molecule has 18 heavy (non-hydrogen) atoms. The van der Waals surface area contributed by atoms with E-state index in [4.69, 9.17) is 9.52 Å². The van der Waals surface area contributed by atoms with Gasteiger partial charge in [-0.25, -0.2) is 4.98 Å². The summed E-state index contributed by atoms with van der Waals surface area (Å²) in [5, 5.41) is 12.0. The Morgan fingerprint density at radius 1 is 1.50 bits per heavy atom. The SMILES string of the molecule is CC(C)(NCCc1ccc2ncoc2c1)C(=O)O. The molecule has 1 aromatic heterocycles. The molecule has 0 radical (unpaired) electrons. The van der Waals surface area contributed by atoms with Crippen molar-refractivity contribution in [2.75, 3.05) is 6.54 Å². The van der Waals surface area contributed by atoms with Crippen LogP contribution in [0.2, 0.25) is 0 Å². The minimum Gasteiger partial charge on any atom is -0.480 e. The maximum absolute atomic E-state index is 10.9. The monoisotopic (exact) mass is 248 g/mol. The van der Waals surface area contributed by atoms with Crippen LogP contribution in [0, 0.1) is 0 Å². The predicted octanol–water partition coefficient (Wildman–Crippen LogP) is 1.82. The number of nitrogens with one attached hydrogen (secondary N) is 1. The van der Waals surface area contributed by atoms with Crippen LogP contribution < -0.4 is 5.32 Å². The highest BCUT2D eigenvalue weighted by molar-refractivity contribution is 5.77. The van der Waals surface area contributed by atoms with Crippen LogP contribution in [-0.2, 0) is 11.2 Å². The predicted molar refractivity (Wildman–Crippen MR) is 67.4 cm³/mol. The highest BCUT2D eigenvalue weighted by Crippen LogP contribution is 2.14. The van der Waals surface area contributed by atoms with Crippen molar-refractivity contribution >= 4 is 17.1 Å². The molecule has 2 aromatic rings. The average Bonchev–Trinajstić information content (AvgIpc) is 2.75. The molecule has 2 rings (SSSR count). The number of carbonyl (C=O) groups is 1. The Hall–Kier alpha value is -1.88. The number of carboxylic acids is 1. The van der Waals surface area contributed by atoms with Gasteiger partial charge in [0.2, 0.25) is 0 Å². The molecule has 0 spiro atoms. The van der Waals surface area contributed by atoms with Gasteiger partial charge in [0, 0.05) is 6.54 Å². The van der Waals surface area contributed by atoms with Gasteiger partial charge in [0.05, 0.1) is 0 Å². The summed E-state index contributed by atoms with van der Waals surface area (Å²) in [5.41, 5.74) is 1.77. The van der Waals surface area contributed by atoms with Gasteiger partial charge >= 0.3 is 5.97 Å². The Bertz CT molecular complexity index is 560. The van der Waals surface area contributed by atoms with Crippen LogP contribution in [0.15, 0.2) is 29.0 Å². The van der Waals surface area contributed by atoms with Gasteiger partial charge < -0.3 is 14.8 Å². The fourth-order valence-corrected chi connectivity index (χ4v) is 1.65. The van der Waals surface area contributed by atoms with Crippen LogP contribution in [0.1, 0.15) is 19.4 Å². The third-order valence-electron chi connectivity index (χ3n) is 2.91. The molecule has 0 atom stereocenters. The van der Waals surface area contributed by atoms with Crippen molar-refractivity contribution in [3.05, 3.63) is 30.2 Å². The number of hydrogen-bond acceptors (Lipinski definition) is 4. The molecule has 0 unspecified atom stereocenters. The number of oxazole rings is 1. The summed E-state index contributed by atoms with van der Waals surface area (Å²) in [6, 6.07) is 5.80. The van der Waals surface area contributed by atoms with E-state index in [9.17, 15) is 4.79 Å². The summed E-state index contributed by atoms with van der Waals surface area (Å²) in [6.45, 7) is 3.89. The van der Waals surface area contributed by atoms with E-state index in [1.165, 1.54) is 6.39 Å². The lowest BCUT2D eigenvalue weighted by Gasteiger charge is -2.20. The number of aromatic nitrogens is 1. The smallest absolute Gasteiger partial charge is 0.323 e.